The minimum Gasteiger partial charge on any atom is -0.335 e. The number of nitrogens with zero attached hydrogens (tertiary/aromatic N) is 4. The van der Waals surface area contributed by atoms with E-state index in [0.29, 0.717) is 39.1 Å². The highest BCUT2D eigenvalue weighted by atomic mass is 32.2. The summed E-state index contributed by atoms with van der Waals surface area (Å²) in [5, 5.41) is 4.28. The van der Waals surface area contributed by atoms with Crippen LogP contribution < -0.4 is 5.56 Å². The number of hydrogen-bond donors (Lipinski definition) is 0. The Balaban J connectivity index is 1.41. The predicted octanol–water partition coefficient (Wildman–Crippen LogP) is 0.237. The summed E-state index contributed by atoms with van der Waals surface area (Å²) in [6.45, 7) is 2.65. The third-order valence-corrected chi connectivity index (χ3v) is 7.34. The van der Waals surface area contributed by atoms with E-state index in [4.69, 9.17) is 0 Å². The first-order chi connectivity index (χ1) is 13.9. The second-order valence-electron chi connectivity index (χ2n) is 7.59. The van der Waals surface area contributed by atoms with Gasteiger partial charge in [0.05, 0.1) is 18.1 Å². The summed E-state index contributed by atoms with van der Waals surface area (Å²) in [6, 6.07) is 12.4. The number of sulfone groups is 1. The molecule has 0 spiro atoms. The van der Waals surface area contributed by atoms with Crippen molar-refractivity contribution in [2.24, 2.45) is 0 Å². The maximum atomic E-state index is 12.9. The maximum Gasteiger partial charge on any atom is 0.274 e. The molecule has 2 aliphatic rings. The molecule has 8 nitrogen and oxygen atoms in total. The van der Waals surface area contributed by atoms with Gasteiger partial charge in [0, 0.05) is 38.3 Å². The summed E-state index contributed by atoms with van der Waals surface area (Å²) in [5.41, 5.74) is 0.932. The fraction of sp³-hybridized carbons (Fsp3) is 0.450. The average Bonchev–Trinajstić information content (AvgIpc) is 3.10. The first-order valence-corrected chi connectivity index (χ1v) is 11.6. The fourth-order valence-corrected chi connectivity index (χ4v) is 5.71. The van der Waals surface area contributed by atoms with Gasteiger partial charge in [-0.25, -0.2) is 13.1 Å². The average molecular weight is 417 g/mol. The molecule has 9 heteroatoms. The van der Waals surface area contributed by atoms with Crippen molar-refractivity contribution in [1.82, 2.24) is 19.6 Å². The van der Waals surface area contributed by atoms with Gasteiger partial charge in [-0.15, -0.1) is 0 Å². The molecule has 1 aromatic carbocycles. The zero-order valence-corrected chi connectivity index (χ0v) is 16.9. The third-order valence-electron chi connectivity index (χ3n) is 5.59. The number of amides is 1. The van der Waals surface area contributed by atoms with Crippen LogP contribution in [0.5, 0.6) is 0 Å². The third kappa shape index (κ3) is 4.56. The van der Waals surface area contributed by atoms with Gasteiger partial charge in [-0.1, -0.05) is 30.3 Å². The Morgan fingerprint density at radius 2 is 1.76 bits per heavy atom. The molecule has 0 unspecified atom stereocenters. The number of aromatic nitrogens is 2. The van der Waals surface area contributed by atoms with Crippen LogP contribution in [0.2, 0.25) is 0 Å². The van der Waals surface area contributed by atoms with Gasteiger partial charge >= 0.3 is 0 Å². The van der Waals surface area contributed by atoms with Gasteiger partial charge in [0.2, 0.25) is 0 Å². The van der Waals surface area contributed by atoms with Crippen molar-refractivity contribution in [2.45, 2.75) is 19.0 Å². The molecule has 2 saturated heterocycles. The standard InChI is InChI=1S/C20H24N4O4S/c25-19-7-6-18(21-24(19)14-16-4-2-1-3-5-16)20(26)23-11-9-22(10-12-23)17-8-13-29(27,28)15-17/h1-7,17H,8-15H2/t17-/m0/s1. The van der Waals surface area contributed by atoms with Crippen molar-refractivity contribution >= 4 is 15.7 Å². The SMILES string of the molecule is O=C(c1ccc(=O)n(Cc2ccccc2)n1)N1CCN([C@H]2CCS(=O)(=O)C2)CC1. The molecule has 0 saturated carbocycles. The molecule has 154 valence electrons. The highest BCUT2D eigenvalue weighted by molar-refractivity contribution is 7.91. The van der Waals surface area contributed by atoms with E-state index in [0.717, 1.165) is 5.56 Å². The van der Waals surface area contributed by atoms with E-state index in [-0.39, 0.29) is 34.7 Å². The minimum absolute atomic E-state index is 0.0585. The van der Waals surface area contributed by atoms with Crippen LogP contribution in [0.4, 0.5) is 0 Å². The number of piperazine rings is 1. The summed E-state index contributed by atoms with van der Waals surface area (Å²) in [6.07, 6.45) is 0.669. The lowest BCUT2D eigenvalue weighted by Crippen LogP contribution is -2.52. The molecule has 2 aliphatic heterocycles. The Hall–Kier alpha value is -2.52. The smallest absolute Gasteiger partial charge is 0.274 e. The van der Waals surface area contributed by atoms with E-state index >= 15 is 0 Å². The van der Waals surface area contributed by atoms with E-state index < -0.39 is 9.84 Å². The van der Waals surface area contributed by atoms with E-state index in [9.17, 15) is 18.0 Å². The second-order valence-corrected chi connectivity index (χ2v) is 9.81. The summed E-state index contributed by atoms with van der Waals surface area (Å²) < 4.78 is 24.7. The summed E-state index contributed by atoms with van der Waals surface area (Å²) in [4.78, 5) is 28.9. The van der Waals surface area contributed by atoms with E-state index in [1.807, 2.05) is 30.3 Å². The molecule has 3 heterocycles. The van der Waals surface area contributed by atoms with Gasteiger partial charge in [-0.3, -0.25) is 14.5 Å². The quantitative estimate of drug-likeness (QED) is 0.709. The summed E-state index contributed by atoms with van der Waals surface area (Å²) in [5.74, 6) is 0.266. The Morgan fingerprint density at radius 3 is 2.41 bits per heavy atom. The number of carbonyl (C=O) groups excluding carboxylic acids is 1. The van der Waals surface area contributed by atoms with Crippen LogP contribution in [0.15, 0.2) is 47.3 Å². The zero-order valence-electron chi connectivity index (χ0n) is 16.1. The number of hydrogen-bond acceptors (Lipinski definition) is 6. The van der Waals surface area contributed by atoms with Crippen LogP contribution >= 0.6 is 0 Å². The van der Waals surface area contributed by atoms with Crippen molar-refractivity contribution in [3.63, 3.8) is 0 Å². The number of benzene rings is 1. The van der Waals surface area contributed by atoms with Crippen molar-refractivity contribution in [3.8, 4) is 0 Å². The molecule has 0 bridgehead atoms. The summed E-state index contributed by atoms with van der Waals surface area (Å²) in [7, 11) is -2.92. The van der Waals surface area contributed by atoms with Crippen molar-refractivity contribution in [2.75, 3.05) is 37.7 Å². The first-order valence-electron chi connectivity index (χ1n) is 9.77. The Labute approximate surface area is 169 Å². The summed E-state index contributed by atoms with van der Waals surface area (Å²) >= 11 is 0. The number of rotatable bonds is 4. The molecule has 29 heavy (non-hydrogen) atoms. The topological polar surface area (TPSA) is 92.6 Å². The van der Waals surface area contributed by atoms with Crippen LogP contribution in [0.25, 0.3) is 0 Å². The molecular formula is C20H24N4O4S. The Kier molecular flexibility index (Phi) is 5.51. The van der Waals surface area contributed by atoms with Gasteiger partial charge in [-0.05, 0) is 18.1 Å². The van der Waals surface area contributed by atoms with Gasteiger partial charge in [0.1, 0.15) is 5.69 Å². The van der Waals surface area contributed by atoms with Crippen LogP contribution in [0.1, 0.15) is 22.5 Å². The van der Waals surface area contributed by atoms with Crippen LogP contribution in [0, 0.1) is 0 Å². The fourth-order valence-electron chi connectivity index (χ4n) is 3.95. The van der Waals surface area contributed by atoms with Gasteiger partial charge in [0.15, 0.2) is 9.84 Å². The van der Waals surface area contributed by atoms with Crippen molar-refractivity contribution in [3.05, 3.63) is 64.1 Å². The van der Waals surface area contributed by atoms with Crippen molar-refractivity contribution < 1.29 is 13.2 Å². The molecule has 1 atom stereocenters. The Bertz CT molecular complexity index is 1040. The number of carbonyl (C=O) groups is 1. The monoisotopic (exact) mass is 416 g/mol. The van der Waals surface area contributed by atoms with E-state index in [2.05, 4.69) is 10.00 Å². The highest BCUT2D eigenvalue weighted by Gasteiger charge is 2.34. The van der Waals surface area contributed by atoms with Crippen LogP contribution in [-0.2, 0) is 16.4 Å². The molecule has 1 aromatic heterocycles. The first kappa shape index (κ1) is 19.8. The van der Waals surface area contributed by atoms with Gasteiger partial charge in [0.25, 0.3) is 11.5 Å². The lowest BCUT2D eigenvalue weighted by molar-refractivity contribution is 0.0580. The molecule has 2 fully saturated rings. The molecule has 0 radical (unpaired) electrons. The lowest BCUT2D eigenvalue weighted by atomic mass is 10.2. The molecule has 4 rings (SSSR count). The molecule has 0 aliphatic carbocycles. The molecule has 0 N–H and O–H groups in total. The van der Waals surface area contributed by atoms with Gasteiger partial charge in [-0.2, -0.15) is 5.10 Å². The second kappa shape index (κ2) is 8.08. The molecule has 1 amide bonds. The van der Waals surface area contributed by atoms with Crippen LogP contribution in [0.3, 0.4) is 0 Å². The predicted molar refractivity (Wildman–Crippen MR) is 109 cm³/mol. The zero-order chi connectivity index (χ0) is 20.4. The minimum atomic E-state index is -2.92. The Morgan fingerprint density at radius 1 is 1.03 bits per heavy atom. The van der Waals surface area contributed by atoms with Crippen molar-refractivity contribution in [1.29, 1.82) is 0 Å². The van der Waals surface area contributed by atoms with E-state index in [1.54, 1.807) is 4.90 Å². The van der Waals surface area contributed by atoms with Crippen LogP contribution in [-0.4, -0.2) is 77.6 Å². The maximum absolute atomic E-state index is 12.9. The molecule has 2 aromatic rings. The van der Waals surface area contributed by atoms with Gasteiger partial charge < -0.3 is 4.90 Å². The largest absolute Gasteiger partial charge is 0.335 e. The lowest BCUT2D eigenvalue weighted by Gasteiger charge is -2.37. The normalized spacial score (nSPS) is 21.9. The highest BCUT2D eigenvalue weighted by Crippen LogP contribution is 2.19. The molecular weight excluding hydrogens is 392 g/mol. The van der Waals surface area contributed by atoms with E-state index in [1.165, 1.54) is 16.8 Å².